The van der Waals surface area contributed by atoms with Gasteiger partial charge in [-0.15, -0.1) is 0 Å². The van der Waals surface area contributed by atoms with Crippen LogP contribution in [0.2, 0.25) is 0 Å². The molecule has 7 heteroatoms. The van der Waals surface area contributed by atoms with Crippen molar-refractivity contribution in [3.05, 3.63) is 59.9 Å². The van der Waals surface area contributed by atoms with E-state index < -0.39 is 11.7 Å². The topological polar surface area (TPSA) is 70.7 Å². The van der Waals surface area contributed by atoms with E-state index >= 15 is 0 Å². The summed E-state index contributed by atoms with van der Waals surface area (Å²) >= 11 is 0. The molecular weight excluding hydrogens is 373 g/mol. The van der Waals surface area contributed by atoms with E-state index in [4.69, 9.17) is 4.74 Å². The number of amides is 1. The zero-order valence-corrected chi connectivity index (χ0v) is 16.3. The number of methoxy groups -OCH3 is 1. The van der Waals surface area contributed by atoms with Crippen LogP contribution in [-0.4, -0.2) is 43.6 Å². The lowest BCUT2D eigenvalue weighted by Crippen LogP contribution is -2.57. The summed E-state index contributed by atoms with van der Waals surface area (Å²) in [5, 5.41) is 6.18. The van der Waals surface area contributed by atoms with E-state index in [0.29, 0.717) is 31.6 Å². The number of piperidine rings is 1. The molecule has 2 heterocycles. The molecule has 1 amide bonds. The summed E-state index contributed by atoms with van der Waals surface area (Å²) in [4.78, 5) is 28.1. The molecule has 6 nitrogen and oxygen atoms in total. The van der Waals surface area contributed by atoms with Crippen LogP contribution in [0, 0.1) is 5.82 Å². The van der Waals surface area contributed by atoms with Gasteiger partial charge in [0.25, 0.3) is 0 Å². The van der Waals surface area contributed by atoms with Crippen molar-refractivity contribution in [3.8, 4) is 5.75 Å². The minimum absolute atomic E-state index is 0.108. The number of anilines is 1. The molecule has 29 heavy (non-hydrogen) atoms. The van der Waals surface area contributed by atoms with Crippen LogP contribution in [0.4, 0.5) is 10.1 Å². The highest BCUT2D eigenvalue weighted by molar-refractivity contribution is 6.03. The molecule has 1 spiro atoms. The molecule has 2 aromatic carbocycles. The molecular formula is C22H24FN3O3. The van der Waals surface area contributed by atoms with Gasteiger partial charge in [-0.25, -0.2) is 4.39 Å². The van der Waals surface area contributed by atoms with Crippen molar-refractivity contribution in [1.82, 2.24) is 10.6 Å². The van der Waals surface area contributed by atoms with Crippen molar-refractivity contribution in [2.24, 2.45) is 0 Å². The molecule has 1 unspecified atom stereocenters. The average molecular weight is 397 g/mol. The Hall–Kier alpha value is -2.93. The normalized spacial score (nSPS) is 20.6. The number of rotatable bonds is 5. The molecule has 0 aromatic heterocycles. The molecule has 4 rings (SSSR count). The summed E-state index contributed by atoms with van der Waals surface area (Å²) in [6, 6.07) is 13.3. The maximum atomic E-state index is 13.5. The maximum Gasteiger partial charge on any atom is 0.248 e. The number of benzene rings is 2. The number of carbonyl (C=O) groups is 2. The Morgan fingerprint density at radius 2 is 1.79 bits per heavy atom. The number of nitrogens with zero attached hydrogens (tertiary/aromatic N) is 1. The third-order valence-electron chi connectivity index (χ3n) is 5.79. The predicted molar refractivity (Wildman–Crippen MR) is 107 cm³/mol. The van der Waals surface area contributed by atoms with E-state index in [1.165, 1.54) is 12.1 Å². The van der Waals surface area contributed by atoms with Crippen LogP contribution in [0.1, 0.15) is 18.4 Å². The van der Waals surface area contributed by atoms with E-state index in [9.17, 15) is 14.0 Å². The predicted octanol–water partition coefficient (Wildman–Crippen LogP) is 2.03. The summed E-state index contributed by atoms with van der Waals surface area (Å²) < 4.78 is 18.7. The van der Waals surface area contributed by atoms with Crippen molar-refractivity contribution >= 4 is 17.4 Å². The van der Waals surface area contributed by atoms with Gasteiger partial charge in [-0.3, -0.25) is 9.59 Å². The van der Waals surface area contributed by atoms with E-state index in [0.717, 1.165) is 11.3 Å². The molecule has 1 atom stereocenters. The maximum absolute atomic E-state index is 13.5. The molecule has 2 aromatic rings. The lowest BCUT2D eigenvalue weighted by atomic mass is 9.86. The minimum atomic E-state index is -0.802. The van der Waals surface area contributed by atoms with Crippen LogP contribution in [0.5, 0.6) is 5.75 Å². The van der Waals surface area contributed by atoms with Gasteiger partial charge < -0.3 is 20.3 Å². The number of carbonyl (C=O) groups excluding carboxylic acids is 2. The van der Waals surface area contributed by atoms with Crippen molar-refractivity contribution in [3.63, 3.8) is 0 Å². The first-order chi connectivity index (χ1) is 14.0. The molecule has 0 aliphatic carbocycles. The third-order valence-corrected chi connectivity index (χ3v) is 5.79. The van der Waals surface area contributed by atoms with Crippen molar-refractivity contribution in [2.45, 2.75) is 31.0 Å². The second kappa shape index (κ2) is 7.83. The second-order valence-corrected chi connectivity index (χ2v) is 7.50. The smallest absolute Gasteiger partial charge is 0.248 e. The number of ether oxygens (including phenoxy) is 1. The molecule has 2 aliphatic heterocycles. The van der Waals surface area contributed by atoms with Gasteiger partial charge in [-0.1, -0.05) is 12.1 Å². The molecule has 0 saturated carbocycles. The zero-order chi connectivity index (χ0) is 20.4. The van der Waals surface area contributed by atoms with E-state index in [2.05, 4.69) is 10.6 Å². The van der Waals surface area contributed by atoms with Gasteiger partial charge in [0.1, 0.15) is 17.1 Å². The summed E-state index contributed by atoms with van der Waals surface area (Å²) in [5.74, 6) is 0.115. The van der Waals surface area contributed by atoms with Crippen molar-refractivity contribution < 1.29 is 18.7 Å². The SMILES string of the molecule is COc1ccc(CC(=O)C2NC(=O)C3(CCNCC3)N2c2ccc(F)cc2)cc1. The van der Waals surface area contributed by atoms with Crippen molar-refractivity contribution in [2.75, 3.05) is 25.1 Å². The van der Waals surface area contributed by atoms with Crippen LogP contribution >= 0.6 is 0 Å². The van der Waals surface area contributed by atoms with Crippen LogP contribution in [0.15, 0.2) is 48.5 Å². The van der Waals surface area contributed by atoms with Gasteiger partial charge in [-0.2, -0.15) is 0 Å². The van der Waals surface area contributed by atoms with Crippen LogP contribution in [0.3, 0.4) is 0 Å². The zero-order valence-electron chi connectivity index (χ0n) is 16.3. The second-order valence-electron chi connectivity index (χ2n) is 7.50. The summed E-state index contributed by atoms with van der Waals surface area (Å²) in [5.41, 5.74) is 0.707. The van der Waals surface area contributed by atoms with Crippen LogP contribution in [0.25, 0.3) is 0 Å². The monoisotopic (exact) mass is 397 g/mol. The summed E-state index contributed by atoms with van der Waals surface area (Å²) in [6.45, 7) is 1.37. The third kappa shape index (κ3) is 3.58. The Balaban J connectivity index is 1.65. The van der Waals surface area contributed by atoms with Gasteiger partial charge in [0.2, 0.25) is 5.91 Å². The summed E-state index contributed by atoms with van der Waals surface area (Å²) in [7, 11) is 1.59. The molecule has 0 bridgehead atoms. The van der Waals surface area contributed by atoms with E-state index in [1.807, 2.05) is 29.2 Å². The Morgan fingerprint density at radius 3 is 2.41 bits per heavy atom. The Bertz CT molecular complexity index is 893. The number of halogens is 1. The Kier molecular flexibility index (Phi) is 5.24. The van der Waals surface area contributed by atoms with Gasteiger partial charge in [0.15, 0.2) is 11.9 Å². The molecule has 2 fully saturated rings. The number of hydrogen-bond donors (Lipinski definition) is 2. The number of hydrogen-bond acceptors (Lipinski definition) is 5. The first kappa shape index (κ1) is 19.4. The fourth-order valence-corrected chi connectivity index (χ4v) is 4.25. The summed E-state index contributed by atoms with van der Waals surface area (Å²) in [6.07, 6.45) is 0.569. The lowest BCUT2D eigenvalue weighted by Gasteiger charge is -2.42. The highest BCUT2D eigenvalue weighted by Gasteiger charge is 2.55. The number of ketones is 1. The Labute approximate surface area is 169 Å². The standard InChI is InChI=1S/C22H24FN3O3/c1-29-18-8-2-15(3-9-18)14-19(27)20-25-21(28)22(10-12-24-13-11-22)26(20)17-6-4-16(23)5-7-17/h2-9,20,24H,10-14H2,1H3,(H,25,28). The lowest BCUT2D eigenvalue weighted by molar-refractivity contribution is -0.126. The van der Waals surface area contributed by atoms with Gasteiger partial charge in [-0.05, 0) is 67.9 Å². The van der Waals surface area contributed by atoms with Gasteiger partial charge in [0, 0.05) is 12.1 Å². The molecule has 2 N–H and O–H groups in total. The average Bonchev–Trinajstić information content (AvgIpc) is 3.02. The Morgan fingerprint density at radius 1 is 1.14 bits per heavy atom. The van der Waals surface area contributed by atoms with Crippen LogP contribution in [-0.2, 0) is 16.0 Å². The molecule has 152 valence electrons. The minimum Gasteiger partial charge on any atom is -0.497 e. The number of Topliss-reactive ketones (excluding diaryl/α,β-unsaturated/α-hetero) is 1. The fourth-order valence-electron chi connectivity index (χ4n) is 4.25. The molecule has 0 radical (unpaired) electrons. The first-order valence-electron chi connectivity index (χ1n) is 9.76. The number of nitrogens with one attached hydrogen (secondary N) is 2. The van der Waals surface area contributed by atoms with Crippen LogP contribution < -0.4 is 20.3 Å². The van der Waals surface area contributed by atoms with Gasteiger partial charge in [0.05, 0.1) is 7.11 Å². The quantitative estimate of drug-likeness (QED) is 0.808. The fraction of sp³-hybridized carbons (Fsp3) is 0.364. The first-order valence-corrected chi connectivity index (χ1v) is 9.76. The highest BCUT2D eigenvalue weighted by atomic mass is 19.1. The van der Waals surface area contributed by atoms with E-state index in [-0.39, 0.29) is 23.9 Å². The highest BCUT2D eigenvalue weighted by Crippen LogP contribution is 2.38. The molecule has 2 saturated heterocycles. The van der Waals surface area contributed by atoms with Crippen molar-refractivity contribution in [1.29, 1.82) is 0 Å². The van der Waals surface area contributed by atoms with E-state index in [1.54, 1.807) is 19.2 Å². The van der Waals surface area contributed by atoms with Gasteiger partial charge >= 0.3 is 0 Å². The largest absolute Gasteiger partial charge is 0.497 e. The molecule has 2 aliphatic rings.